The number of aromatic nitrogens is 4. The van der Waals surface area contributed by atoms with E-state index < -0.39 is 11.7 Å². The number of methoxy groups -OCH3 is 1. The molecule has 36 heavy (non-hydrogen) atoms. The van der Waals surface area contributed by atoms with Crippen LogP contribution < -0.4 is 10.6 Å². The summed E-state index contributed by atoms with van der Waals surface area (Å²) < 4.78 is 30.4. The number of H-pyrrole nitrogens is 1. The van der Waals surface area contributed by atoms with Crippen molar-refractivity contribution in [3.05, 3.63) is 48.2 Å². The lowest BCUT2D eigenvalue weighted by atomic mass is 9.91. The Labute approximate surface area is 209 Å². The first-order valence-corrected chi connectivity index (χ1v) is 11.8. The zero-order valence-electron chi connectivity index (χ0n) is 20.8. The van der Waals surface area contributed by atoms with Crippen molar-refractivity contribution in [1.82, 2.24) is 25.3 Å². The van der Waals surface area contributed by atoms with Gasteiger partial charge in [0.1, 0.15) is 5.82 Å². The highest BCUT2D eigenvalue weighted by molar-refractivity contribution is 5.82. The van der Waals surface area contributed by atoms with E-state index in [1.165, 1.54) is 12.1 Å². The van der Waals surface area contributed by atoms with E-state index in [2.05, 4.69) is 25.6 Å². The predicted molar refractivity (Wildman–Crippen MR) is 131 cm³/mol. The van der Waals surface area contributed by atoms with E-state index in [9.17, 15) is 9.18 Å². The number of carbonyl (C=O) groups is 1. The van der Waals surface area contributed by atoms with Crippen LogP contribution in [0, 0.1) is 11.2 Å². The minimum Gasteiger partial charge on any atom is -0.383 e. The molecule has 0 atom stereocenters. The minimum absolute atomic E-state index is 0.147. The fourth-order valence-electron chi connectivity index (χ4n) is 3.71. The van der Waals surface area contributed by atoms with E-state index >= 15 is 0 Å². The van der Waals surface area contributed by atoms with Crippen molar-refractivity contribution in [2.24, 2.45) is 5.41 Å². The molecule has 11 heteroatoms. The molecule has 3 aromatic rings. The maximum Gasteiger partial charge on any atom is 0.230 e. The maximum absolute atomic E-state index is 13.6. The van der Waals surface area contributed by atoms with Gasteiger partial charge < -0.3 is 29.8 Å². The molecule has 2 aromatic heterocycles. The van der Waals surface area contributed by atoms with Gasteiger partial charge in [-0.2, -0.15) is 0 Å². The summed E-state index contributed by atoms with van der Waals surface area (Å²) >= 11 is 0. The lowest BCUT2D eigenvalue weighted by Crippen LogP contribution is -2.49. The van der Waals surface area contributed by atoms with Gasteiger partial charge >= 0.3 is 0 Å². The molecule has 3 heterocycles. The fourth-order valence-corrected chi connectivity index (χ4v) is 3.71. The number of nitrogens with zero attached hydrogens (tertiary/aromatic N) is 3. The van der Waals surface area contributed by atoms with Gasteiger partial charge in [0, 0.05) is 31.5 Å². The summed E-state index contributed by atoms with van der Waals surface area (Å²) in [5, 5.41) is 6.02. The van der Waals surface area contributed by atoms with Gasteiger partial charge in [0.2, 0.25) is 18.1 Å². The lowest BCUT2D eigenvalue weighted by Gasteiger charge is -2.35. The molecule has 4 rings (SSSR count). The van der Waals surface area contributed by atoms with Crippen molar-refractivity contribution in [1.29, 1.82) is 0 Å². The summed E-state index contributed by atoms with van der Waals surface area (Å²) in [5.41, 5.74) is 1.64. The number of benzene rings is 1. The lowest BCUT2D eigenvalue weighted by molar-refractivity contribution is -0.231. The average Bonchev–Trinajstić information content (AvgIpc) is 3.30. The number of amides is 1. The summed E-state index contributed by atoms with van der Waals surface area (Å²) in [6.45, 7) is 6.90. The van der Waals surface area contributed by atoms with Gasteiger partial charge in [0.05, 0.1) is 42.3 Å². The Morgan fingerprint density at radius 3 is 2.61 bits per heavy atom. The molecule has 1 saturated heterocycles. The van der Waals surface area contributed by atoms with E-state index in [-0.39, 0.29) is 31.0 Å². The van der Waals surface area contributed by atoms with Crippen LogP contribution in [0.2, 0.25) is 0 Å². The van der Waals surface area contributed by atoms with Gasteiger partial charge in [0.15, 0.2) is 5.82 Å². The minimum atomic E-state index is -0.844. The summed E-state index contributed by atoms with van der Waals surface area (Å²) in [7, 11) is 1.58. The second kappa shape index (κ2) is 11.1. The Bertz CT molecular complexity index is 1180. The van der Waals surface area contributed by atoms with Gasteiger partial charge in [-0.25, -0.2) is 19.3 Å². The van der Waals surface area contributed by atoms with Crippen molar-refractivity contribution >= 4 is 11.9 Å². The fraction of sp³-hybridized carbons (Fsp3) is 0.440. The molecule has 0 bridgehead atoms. The third-order valence-electron chi connectivity index (χ3n) is 5.64. The number of rotatable bonds is 9. The number of hydrogen-bond donors (Lipinski definition) is 3. The highest BCUT2D eigenvalue weighted by Gasteiger charge is 2.40. The third kappa shape index (κ3) is 5.86. The molecule has 0 saturated carbocycles. The van der Waals surface area contributed by atoms with Gasteiger partial charge in [-0.1, -0.05) is 0 Å². The molecular formula is C25H31FN6O4. The highest BCUT2D eigenvalue weighted by Crippen LogP contribution is 2.35. The molecule has 10 nitrogen and oxygen atoms in total. The summed E-state index contributed by atoms with van der Waals surface area (Å²) in [5.74, 6) is 0.382. The third-order valence-corrected chi connectivity index (χ3v) is 5.64. The molecule has 0 spiro atoms. The number of halogens is 1. The summed E-state index contributed by atoms with van der Waals surface area (Å²) in [6.07, 6.45) is 0.844. The van der Waals surface area contributed by atoms with Crippen molar-refractivity contribution in [3.8, 4) is 22.6 Å². The standard InChI is InChI=1S/C25H31FN6O4/c1-15(2)29-24-28-10-9-18(30-24)20-19(16-5-7-17(26)8-6-16)31-21(32-20)22-35-13-25(3,14-36-22)23(33)27-11-12-34-4/h5-10,15,22H,11-14H2,1-4H3,(H,27,33)(H,31,32)(H,28,29,30). The number of carbonyl (C=O) groups excluding carboxylic acids is 1. The first kappa shape index (κ1) is 25.7. The van der Waals surface area contributed by atoms with E-state index in [0.29, 0.717) is 47.6 Å². The van der Waals surface area contributed by atoms with Crippen LogP contribution in [-0.4, -0.2) is 65.4 Å². The van der Waals surface area contributed by atoms with Crippen LogP contribution in [0.3, 0.4) is 0 Å². The second-order valence-electron chi connectivity index (χ2n) is 9.18. The quantitative estimate of drug-likeness (QED) is 0.384. The maximum atomic E-state index is 13.6. The molecule has 0 unspecified atom stereocenters. The van der Waals surface area contributed by atoms with Crippen LogP contribution in [-0.2, 0) is 19.0 Å². The number of imidazole rings is 1. The average molecular weight is 499 g/mol. The molecule has 1 amide bonds. The van der Waals surface area contributed by atoms with Gasteiger partial charge in [0.25, 0.3) is 0 Å². The first-order valence-electron chi connectivity index (χ1n) is 11.8. The predicted octanol–water partition coefficient (Wildman–Crippen LogP) is 3.31. The molecule has 0 aliphatic carbocycles. The smallest absolute Gasteiger partial charge is 0.230 e. The molecule has 0 radical (unpaired) electrons. The highest BCUT2D eigenvalue weighted by atomic mass is 19.1. The zero-order chi connectivity index (χ0) is 25.7. The van der Waals surface area contributed by atoms with Crippen molar-refractivity contribution in [2.75, 3.05) is 38.8 Å². The van der Waals surface area contributed by atoms with Crippen LogP contribution in [0.5, 0.6) is 0 Å². The Morgan fingerprint density at radius 2 is 1.94 bits per heavy atom. The molecular weight excluding hydrogens is 467 g/mol. The molecule has 1 fully saturated rings. The largest absolute Gasteiger partial charge is 0.383 e. The van der Waals surface area contributed by atoms with Gasteiger partial charge in [-0.15, -0.1) is 0 Å². The van der Waals surface area contributed by atoms with E-state index in [1.807, 2.05) is 13.8 Å². The number of nitrogens with one attached hydrogen (secondary N) is 3. The molecule has 192 valence electrons. The Balaban J connectivity index is 1.60. The van der Waals surface area contributed by atoms with Crippen LogP contribution in [0.1, 0.15) is 32.9 Å². The van der Waals surface area contributed by atoms with Crippen LogP contribution in [0.4, 0.5) is 10.3 Å². The normalized spacial score (nSPS) is 19.9. The molecule has 1 aliphatic heterocycles. The first-order chi connectivity index (χ1) is 17.3. The Hall–Kier alpha value is -3.41. The summed E-state index contributed by atoms with van der Waals surface area (Å²) in [6, 6.07) is 7.97. The van der Waals surface area contributed by atoms with Crippen LogP contribution >= 0.6 is 0 Å². The topological polar surface area (TPSA) is 123 Å². The molecule has 3 N–H and O–H groups in total. The van der Waals surface area contributed by atoms with Gasteiger partial charge in [-0.05, 0) is 51.1 Å². The number of ether oxygens (including phenoxy) is 3. The number of hydrogen-bond acceptors (Lipinski definition) is 8. The zero-order valence-corrected chi connectivity index (χ0v) is 20.8. The van der Waals surface area contributed by atoms with E-state index in [1.54, 1.807) is 38.4 Å². The van der Waals surface area contributed by atoms with Crippen LogP contribution in [0.15, 0.2) is 36.5 Å². The monoisotopic (exact) mass is 498 g/mol. The number of anilines is 1. The van der Waals surface area contributed by atoms with Crippen molar-refractivity contribution in [3.63, 3.8) is 0 Å². The van der Waals surface area contributed by atoms with E-state index in [0.717, 1.165) is 0 Å². The number of aromatic amines is 1. The van der Waals surface area contributed by atoms with Crippen molar-refractivity contribution < 1.29 is 23.4 Å². The SMILES string of the molecule is COCCNC(=O)C1(C)COC(c2nc(-c3ccc(F)cc3)c(-c3ccnc(NC(C)C)n3)[nH]2)OC1. The van der Waals surface area contributed by atoms with E-state index in [4.69, 9.17) is 19.2 Å². The molecule has 1 aromatic carbocycles. The van der Waals surface area contributed by atoms with Gasteiger partial charge in [-0.3, -0.25) is 4.79 Å². The Kier molecular flexibility index (Phi) is 7.92. The molecule has 1 aliphatic rings. The second-order valence-corrected chi connectivity index (χ2v) is 9.18. The van der Waals surface area contributed by atoms with Crippen molar-refractivity contribution in [2.45, 2.75) is 33.1 Å². The summed E-state index contributed by atoms with van der Waals surface area (Å²) in [4.78, 5) is 29.5. The Morgan fingerprint density at radius 1 is 1.22 bits per heavy atom. The van der Waals surface area contributed by atoms with Crippen LogP contribution in [0.25, 0.3) is 22.6 Å².